The van der Waals surface area contributed by atoms with E-state index < -0.39 is 5.60 Å². The molecule has 1 fully saturated rings. The Morgan fingerprint density at radius 1 is 1.03 bits per heavy atom. The van der Waals surface area contributed by atoms with Crippen molar-refractivity contribution < 1.29 is 9.53 Å². The fraction of sp³-hybridized carbons (Fsp3) is 0.391. The largest absolute Gasteiger partial charge is 0.444 e. The molecule has 1 aromatic carbocycles. The third kappa shape index (κ3) is 4.68. The minimum Gasteiger partial charge on any atom is -0.444 e. The van der Waals surface area contributed by atoms with Crippen LogP contribution in [0.1, 0.15) is 39.7 Å². The van der Waals surface area contributed by atoms with Crippen LogP contribution in [0.5, 0.6) is 0 Å². The first-order valence-electron chi connectivity index (χ1n) is 10.5. The van der Waals surface area contributed by atoms with Gasteiger partial charge in [-0.25, -0.2) is 14.2 Å². The van der Waals surface area contributed by atoms with Crippen LogP contribution in [0.2, 0.25) is 0 Å². The minimum absolute atomic E-state index is 0.0702. The van der Waals surface area contributed by atoms with E-state index in [9.17, 15) is 9.59 Å². The second-order valence-electron chi connectivity index (χ2n) is 8.66. The number of amides is 1. The van der Waals surface area contributed by atoms with E-state index >= 15 is 0 Å². The van der Waals surface area contributed by atoms with Crippen molar-refractivity contribution >= 4 is 6.09 Å². The van der Waals surface area contributed by atoms with Crippen molar-refractivity contribution in [3.05, 3.63) is 65.1 Å². The predicted molar refractivity (Wildman–Crippen MR) is 117 cm³/mol. The summed E-state index contributed by atoms with van der Waals surface area (Å²) in [4.78, 5) is 26.6. The number of carbonyl (C=O) groups excluding carboxylic acids is 1. The topological polar surface area (TPSA) is 82.2 Å². The molecule has 3 heterocycles. The molecule has 1 aliphatic heterocycles. The van der Waals surface area contributed by atoms with Gasteiger partial charge in [-0.3, -0.25) is 4.79 Å². The van der Waals surface area contributed by atoms with Gasteiger partial charge < -0.3 is 9.64 Å². The number of nitrogens with zero attached hydrogens (tertiary/aromatic N) is 5. The summed E-state index contributed by atoms with van der Waals surface area (Å²) in [6.07, 6.45) is 2.70. The second kappa shape index (κ2) is 8.37. The van der Waals surface area contributed by atoms with Gasteiger partial charge in [-0.05, 0) is 57.9 Å². The van der Waals surface area contributed by atoms with E-state index in [1.807, 2.05) is 61.9 Å². The number of aromatic nitrogens is 4. The van der Waals surface area contributed by atoms with E-state index in [0.29, 0.717) is 31.6 Å². The molecule has 0 unspecified atom stereocenters. The van der Waals surface area contributed by atoms with Gasteiger partial charge in [0.15, 0.2) is 0 Å². The number of benzene rings is 1. The van der Waals surface area contributed by atoms with Crippen LogP contribution in [0.25, 0.3) is 17.1 Å². The van der Waals surface area contributed by atoms with Crippen molar-refractivity contribution in [3.63, 3.8) is 0 Å². The van der Waals surface area contributed by atoms with Gasteiger partial charge in [0, 0.05) is 19.2 Å². The van der Waals surface area contributed by atoms with E-state index in [-0.39, 0.29) is 17.7 Å². The van der Waals surface area contributed by atoms with Gasteiger partial charge in [-0.1, -0.05) is 18.2 Å². The monoisotopic (exact) mass is 421 g/mol. The molecule has 3 aromatic rings. The molecule has 0 saturated carbocycles. The molecule has 0 bridgehead atoms. The van der Waals surface area contributed by atoms with Crippen molar-refractivity contribution in [2.45, 2.75) is 45.3 Å². The average molecular weight is 422 g/mol. The van der Waals surface area contributed by atoms with E-state index in [2.05, 4.69) is 10.2 Å². The SMILES string of the molecule is CC(C)(C)OC(=O)N1CCC(n2nc(-c3ccnn3-c3ccccc3)ccc2=O)CC1. The first-order chi connectivity index (χ1) is 14.8. The molecule has 0 radical (unpaired) electrons. The summed E-state index contributed by atoms with van der Waals surface area (Å²) in [5.41, 5.74) is 1.74. The molecule has 8 nitrogen and oxygen atoms in total. The third-order valence-electron chi connectivity index (χ3n) is 5.19. The van der Waals surface area contributed by atoms with Crippen LogP contribution in [-0.2, 0) is 4.74 Å². The Labute approximate surface area is 181 Å². The predicted octanol–water partition coefficient (Wildman–Crippen LogP) is 3.67. The molecular weight excluding hydrogens is 394 g/mol. The molecule has 1 aliphatic rings. The number of ether oxygens (including phenoxy) is 1. The zero-order valence-electron chi connectivity index (χ0n) is 18.1. The molecule has 0 atom stereocenters. The first kappa shape index (κ1) is 20.8. The van der Waals surface area contributed by atoms with E-state index in [1.54, 1.807) is 27.9 Å². The van der Waals surface area contributed by atoms with Gasteiger partial charge in [0.2, 0.25) is 0 Å². The molecule has 1 saturated heterocycles. The van der Waals surface area contributed by atoms with Gasteiger partial charge in [0.1, 0.15) is 11.3 Å². The normalized spacial score (nSPS) is 15.1. The smallest absolute Gasteiger partial charge is 0.410 e. The Bertz CT molecular complexity index is 1110. The van der Waals surface area contributed by atoms with Crippen LogP contribution in [-0.4, -0.2) is 49.2 Å². The van der Waals surface area contributed by atoms with E-state index in [0.717, 1.165) is 11.4 Å². The zero-order valence-corrected chi connectivity index (χ0v) is 18.1. The molecular formula is C23H27N5O3. The number of rotatable bonds is 3. The van der Waals surface area contributed by atoms with Crippen molar-refractivity contribution in [1.82, 2.24) is 24.5 Å². The Morgan fingerprint density at radius 2 is 1.74 bits per heavy atom. The lowest BCUT2D eigenvalue weighted by atomic mass is 10.1. The van der Waals surface area contributed by atoms with E-state index in [4.69, 9.17) is 4.74 Å². The maximum Gasteiger partial charge on any atom is 0.410 e. The second-order valence-corrected chi connectivity index (χ2v) is 8.66. The molecule has 2 aromatic heterocycles. The van der Waals surface area contributed by atoms with Gasteiger partial charge >= 0.3 is 6.09 Å². The molecule has 8 heteroatoms. The fourth-order valence-electron chi connectivity index (χ4n) is 3.72. The van der Waals surface area contributed by atoms with Gasteiger partial charge in [0.05, 0.1) is 23.6 Å². The molecule has 0 aliphatic carbocycles. The summed E-state index contributed by atoms with van der Waals surface area (Å²) in [6, 6.07) is 14.9. The Hall–Kier alpha value is -3.42. The summed E-state index contributed by atoms with van der Waals surface area (Å²) in [7, 11) is 0. The van der Waals surface area contributed by atoms with Gasteiger partial charge in [-0.2, -0.15) is 10.2 Å². The highest BCUT2D eigenvalue weighted by atomic mass is 16.6. The van der Waals surface area contributed by atoms with Crippen LogP contribution in [0.3, 0.4) is 0 Å². The molecule has 162 valence electrons. The number of likely N-dealkylation sites (tertiary alicyclic amines) is 1. The number of hydrogen-bond acceptors (Lipinski definition) is 5. The van der Waals surface area contributed by atoms with Gasteiger partial charge in [0.25, 0.3) is 5.56 Å². The highest BCUT2D eigenvalue weighted by molar-refractivity contribution is 5.68. The Balaban J connectivity index is 1.54. The summed E-state index contributed by atoms with van der Waals surface area (Å²) in [6.45, 7) is 6.62. The average Bonchev–Trinajstić information content (AvgIpc) is 3.24. The third-order valence-corrected chi connectivity index (χ3v) is 5.19. The standard InChI is InChI=1S/C23H27N5O3/c1-23(2,3)31-22(30)26-15-12-18(13-16-26)28-21(29)10-9-19(25-28)20-11-14-24-27(20)17-7-5-4-6-8-17/h4-11,14,18H,12-13,15-16H2,1-3H3. The lowest BCUT2D eigenvalue weighted by Crippen LogP contribution is -2.43. The van der Waals surface area contributed by atoms with Crippen LogP contribution in [0, 0.1) is 0 Å². The molecule has 0 N–H and O–H groups in total. The summed E-state index contributed by atoms with van der Waals surface area (Å²) >= 11 is 0. The number of carbonyl (C=O) groups is 1. The highest BCUT2D eigenvalue weighted by Crippen LogP contribution is 2.24. The summed E-state index contributed by atoms with van der Waals surface area (Å²) in [5.74, 6) is 0. The molecule has 31 heavy (non-hydrogen) atoms. The van der Waals surface area contributed by atoms with Crippen molar-refractivity contribution in [1.29, 1.82) is 0 Å². The lowest BCUT2D eigenvalue weighted by molar-refractivity contribution is 0.0183. The minimum atomic E-state index is -0.525. The Kier molecular flexibility index (Phi) is 5.63. The van der Waals surface area contributed by atoms with Gasteiger partial charge in [-0.15, -0.1) is 0 Å². The number of hydrogen-bond donors (Lipinski definition) is 0. The number of para-hydroxylation sites is 1. The first-order valence-corrected chi connectivity index (χ1v) is 10.5. The van der Waals surface area contributed by atoms with Crippen molar-refractivity contribution in [2.24, 2.45) is 0 Å². The Morgan fingerprint density at radius 3 is 2.42 bits per heavy atom. The van der Waals surface area contributed by atoms with Crippen molar-refractivity contribution in [2.75, 3.05) is 13.1 Å². The van der Waals surface area contributed by atoms with Crippen molar-refractivity contribution in [3.8, 4) is 17.1 Å². The maximum atomic E-state index is 12.6. The lowest BCUT2D eigenvalue weighted by Gasteiger charge is -2.33. The molecule has 1 amide bonds. The van der Waals surface area contributed by atoms with E-state index in [1.165, 1.54) is 0 Å². The highest BCUT2D eigenvalue weighted by Gasteiger charge is 2.28. The summed E-state index contributed by atoms with van der Waals surface area (Å²) in [5, 5.41) is 9.08. The summed E-state index contributed by atoms with van der Waals surface area (Å²) < 4.78 is 8.81. The van der Waals surface area contributed by atoms with Crippen LogP contribution in [0.15, 0.2) is 59.5 Å². The number of piperidine rings is 1. The quantitative estimate of drug-likeness (QED) is 0.644. The fourth-order valence-corrected chi connectivity index (χ4v) is 3.72. The van der Waals surface area contributed by atoms with Crippen LogP contribution >= 0.6 is 0 Å². The van der Waals surface area contributed by atoms with Crippen LogP contribution < -0.4 is 5.56 Å². The maximum absolute atomic E-state index is 12.6. The molecule has 4 rings (SSSR count). The zero-order chi connectivity index (χ0) is 22.0. The molecule has 0 spiro atoms. The van der Waals surface area contributed by atoms with Crippen LogP contribution in [0.4, 0.5) is 4.79 Å².